The third-order valence-electron chi connectivity index (χ3n) is 4.06. The fourth-order valence-corrected chi connectivity index (χ4v) is 2.89. The van der Waals surface area contributed by atoms with E-state index in [0.717, 1.165) is 16.6 Å². The zero-order valence-electron chi connectivity index (χ0n) is 15.2. The summed E-state index contributed by atoms with van der Waals surface area (Å²) in [7, 11) is 3.16. The highest BCUT2D eigenvalue weighted by molar-refractivity contribution is 7.71. The maximum atomic E-state index is 5.36. The van der Waals surface area contributed by atoms with Gasteiger partial charge >= 0.3 is 0 Å². The molecule has 0 radical (unpaired) electrons. The van der Waals surface area contributed by atoms with Crippen LogP contribution in [0.2, 0.25) is 0 Å². The van der Waals surface area contributed by atoms with E-state index in [9.17, 15) is 0 Å². The maximum Gasteiger partial charge on any atom is 0.216 e. The number of H-pyrrole nitrogens is 1. The third-order valence-corrected chi connectivity index (χ3v) is 4.33. The molecule has 2 heterocycles. The van der Waals surface area contributed by atoms with Crippen LogP contribution in [0.1, 0.15) is 5.69 Å². The lowest BCUT2D eigenvalue weighted by Crippen LogP contribution is -1.98. The van der Waals surface area contributed by atoms with Crippen LogP contribution in [0.3, 0.4) is 0 Å². The number of hydrogen-bond donors (Lipinski definition) is 1. The van der Waals surface area contributed by atoms with Gasteiger partial charge in [-0.3, -0.25) is 4.98 Å². The van der Waals surface area contributed by atoms with Crippen molar-refractivity contribution < 1.29 is 9.47 Å². The number of aromatic nitrogens is 5. The van der Waals surface area contributed by atoms with Gasteiger partial charge in [-0.1, -0.05) is 12.1 Å². The van der Waals surface area contributed by atoms with Gasteiger partial charge in [0.25, 0.3) is 0 Å². The molecule has 0 aliphatic carbocycles. The number of hydrogen-bond acceptors (Lipinski definition) is 7. The number of aromatic amines is 1. The average Bonchev–Trinajstić information content (AvgIpc) is 3.11. The molecule has 140 valence electrons. The first kappa shape index (κ1) is 17.8. The Morgan fingerprint density at radius 1 is 1.07 bits per heavy atom. The summed E-state index contributed by atoms with van der Waals surface area (Å²) in [5.41, 5.74) is 3.00. The van der Waals surface area contributed by atoms with Crippen LogP contribution in [0.5, 0.6) is 11.5 Å². The normalized spacial score (nSPS) is 11.2. The Hall–Kier alpha value is -3.59. The van der Waals surface area contributed by atoms with E-state index >= 15 is 0 Å². The van der Waals surface area contributed by atoms with E-state index in [-0.39, 0.29) is 0 Å². The van der Waals surface area contributed by atoms with E-state index in [1.54, 1.807) is 32.7 Å². The minimum absolute atomic E-state index is 0.356. The van der Waals surface area contributed by atoms with Gasteiger partial charge in [-0.25, -0.2) is 10.1 Å². The second-order valence-corrected chi connectivity index (χ2v) is 6.15. The number of fused-ring (bicyclic) bond motifs is 1. The van der Waals surface area contributed by atoms with Gasteiger partial charge in [0.2, 0.25) is 4.77 Å². The molecule has 2 aromatic heterocycles. The molecule has 0 bridgehead atoms. The predicted octanol–water partition coefficient (Wildman–Crippen LogP) is 3.45. The van der Waals surface area contributed by atoms with Crippen molar-refractivity contribution in [3.8, 4) is 22.9 Å². The second kappa shape index (κ2) is 7.57. The summed E-state index contributed by atoms with van der Waals surface area (Å²) in [4.78, 5) is 8.91. The smallest absolute Gasteiger partial charge is 0.216 e. The van der Waals surface area contributed by atoms with Gasteiger partial charge in [0.15, 0.2) is 17.3 Å². The average molecular weight is 392 g/mol. The quantitative estimate of drug-likeness (QED) is 0.413. The van der Waals surface area contributed by atoms with Crippen molar-refractivity contribution in [2.75, 3.05) is 14.2 Å². The molecular formula is C19H16N6O2S. The number of ether oxygens (including phenoxy) is 2. The molecule has 0 aliphatic rings. The first-order valence-corrected chi connectivity index (χ1v) is 8.76. The third kappa shape index (κ3) is 3.35. The molecule has 9 heteroatoms. The van der Waals surface area contributed by atoms with E-state index in [1.165, 1.54) is 4.68 Å². The fraction of sp³-hybridized carbons (Fsp3) is 0.105. The van der Waals surface area contributed by atoms with Crippen molar-refractivity contribution in [3.63, 3.8) is 0 Å². The van der Waals surface area contributed by atoms with Crippen LogP contribution in [0.4, 0.5) is 0 Å². The number of rotatable bonds is 5. The van der Waals surface area contributed by atoms with Crippen LogP contribution in [-0.2, 0) is 0 Å². The first-order chi connectivity index (χ1) is 13.7. The first-order valence-electron chi connectivity index (χ1n) is 8.35. The summed E-state index contributed by atoms with van der Waals surface area (Å²) in [5.74, 6) is 1.75. The molecule has 0 aliphatic heterocycles. The number of methoxy groups -OCH3 is 2. The van der Waals surface area contributed by atoms with Gasteiger partial charge in [-0.15, -0.1) is 0 Å². The molecule has 0 atom stereocenters. The molecule has 2 aromatic carbocycles. The molecule has 4 rings (SSSR count). The zero-order valence-corrected chi connectivity index (χ0v) is 16.0. The Bertz CT molecular complexity index is 1230. The van der Waals surface area contributed by atoms with Crippen molar-refractivity contribution in [1.82, 2.24) is 24.8 Å². The van der Waals surface area contributed by atoms with Gasteiger partial charge in [-0.05, 0) is 42.5 Å². The van der Waals surface area contributed by atoms with Crippen molar-refractivity contribution in [1.29, 1.82) is 0 Å². The monoisotopic (exact) mass is 392 g/mol. The number of para-hydroxylation sites is 2. The summed E-state index contributed by atoms with van der Waals surface area (Å²) < 4.78 is 12.5. The lowest BCUT2D eigenvalue weighted by atomic mass is 10.2. The van der Waals surface area contributed by atoms with Gasteiger partial charge in [0.05, 0.1) is 37.7 Å². The second-order valence-electron chi connectivity index (χ2n) is 5.76. The van der Waals surface area contributed by atoms with Crippen LogP contribution in [-0.4, -0.2) is 45.3 Å². The minimum Gasteiger partial charge on any atom is -0.493 e. The Kier molecular flexibility index (Phi) is 4.81. The Balaban J connectivity index is 1.72. The van der Waals surface area contributed by atoms with Crippen molar-refractivity contribution in [3.05, 3.63) is 59.1 Å². The number of nitrogens with one attached hydrogen (secondary N) is 1. The number of benzene rings is 2. The Morgan fingerprint density at radius 2 is 1.86 bits per heavy atom. The zero-order chi connectivity index (χ0) is 19.5. The van der Waals surface area contributed by atoms with Crippen LogP contribution in [0.15, 0.2) is 53.8 Å². The summed E-state index contributed by atoms with van der Waals surface area (Å²) >= 11 is 5.31. The Labute approximate surface area is 165 Å². The molecule has 4 aromatic rings. The van der Waals surface area contributed by atoms with E-state index in [2.05, 4.69) is 25.3 Å². The van der Waals surface area contributed by atoms with Crippen molar-refractivity contribution >= 4 is 29.5 Å². The van der Waals surface area contributed by atoms with Crippen molar-refractivity contribution in [2.45, 2.75) is 0 Å². The van der Waals surface area contributed by atoms with Crippen LogP contribution in [0.25, 0.3) is 22.4 Å². The van der Waals surface area contributed by atoms with E-state index in [0.29, 0.717) is 27.8 Å². The highest BCUT2D eigenvalue weighted by Gasteiger charge is 2.12. The summed E-state index contributed by atoms with van der Waals surface area (Å²) in [6, 6.07) is 13.1. The maximum absolute atomic E-state index is 5.36. The predicted molar refractivity (Wildman–Crippen MR) is 108 cm³/mol. The molecule has 0 spiro atoms. The Morgan fingerprint density at radius 3 is 2.64 bits per heavy atom. The SMILES string of the molecule is COc1ccc(-c2n[nH]c(=S)n2/N=C\c2cnc3ccccc3n2)cc1OC. The van der Waals surface area contributed by atoms with Gasteiger partial charge in [0.1, 0.15) is 5.69 Å². The highest BCUT2D eigenvalue weighted by Crippen LogP contribution is 2.31. The van der Waals surface area contributed by atoms with Gasteiger partial charge < -0.3 is 9.47 Å². The minimum atomic E-state index is 0.356. The lowest BCUT2D eigenvalue weighted by Gasteiger charge is -2.09. The van der Waals surface area contributed by atoms with Crippen molar-refractivity contribution in [2.24, 2.45) is 5.10 Å². The van der Waals surface area contributed by atoms with E-state index in [4.69, 9.17) is 21.7 Å². The summed E-state index contributed by atoms with van der Waals surface area (Å²) in [6.45, 7) is 0. The van der Waals surface area contributed by atoms with E-state index in [1.807, 2.05) is 36.4 Å². The molecular weight excluding hydrogens is 376 g/mol. The summed E-state index contributed by atoms with van der Waals surface area (Å²) in [5, 5.41) is 11.5. The molecule has 0 saturated heterocycles. The number of nitrogens with zero attached hydrogens (tertiary/aromatic N) is 5. The van der Waals surface area contributed by atoms with Crippen LogP contribution in [0, 0.1) is 4.77 Å². The van der Waals surface area contributed by atoms with E-state index < -0.39 is 0 Å². The molecule has 0 amide bonds. The molecule has 8 nitrogen and oxygen atoms in total. The standard InChI is InChI=1S/C19H16N6O2S/c1-26-16-8-7-12(9-17(16)27-2)18-23-24-19(28)25(18)21-11-13-10-20-14-5-3-4-6-15(14)22-13/h3-11H,1-2H3,(H,24,28)/b21-11-. The summed E-state index contributed by atoms with van der Waals surface area (Å²) in [6.07, 6.45) is 3.25. The van der Waals surface area contributed by atoms with Gasteiger partial charge in [0, 0.05) is 5.56 Å². The molecule has 0 saturated carbocycles. The van der Waals surface area contributed by atoms with Crippen LogP contribution < -0.4 is 9.47 Å². The van der Waals surface area contributed by atoms with Gasteiger partial charge in [-0.2, -0.15) is 14.9 Å². The topological polar surface area (TPSA) is 90.2 Å². The molecule has 0 fully saturated rings. The largest absolute Gasteiger partial charge is 0.493 e. The highest BCUT2D eigenvalue weighted by atomic mass is 32.1. The molecule has 0 unspecified atom stereocenters. The lowest BCUT2D eigenvalue weighted by molar-refractivity contribution is 0.355. The fourth-order valence-electron chi connectivity index (χ4n) is 2.71. The molecule has 1 N–H and O–H groups in total. The van der Waals surface area contributed by atoms with Crippen LogP contribution >= 0.6 is 12.2 Å². The molecule has 28 heavy (non-hydrogen) atoms.